The van der Waals surface area contributed by atoms with Crippen LogP contribution in [0.15, 0.2) is 4.47 Å². The van der Waals surface area contributed by atoms with Crippen LogP contribution in [0.3, 0.4) is 0 Å². The summed E-state index contributed by atoms with van der Waals surface area (Å²) < 4.78 is 2.47. The highest BCUT2D eigenvalue weighted by Gasteiger charge is 2.18. The van der Waals surface area contributed by atoms with Crippen molar-refractivity contribution in [2.24, 2.45) is 12.8 Å². The summed E-state index contributed by atoms with van der Waals surface area (Å²) in [7, 11) is 1.77. The van der Waals surface area contributed by atoms with Gasteiger partial charge in [-0.05, 0) is 22.9 Å². The maximum atomic E-state index is 10.6. The van der Waals surface area contributed by atoms with Gasteiger partial charge in [-0.25, -0.2) is 0 Å². The Balaban J connectivity index is 2.91. The normalized spacial score (nSPS) is 12.9. The second-order valence-corrected chi connectivity index (χ2v) is 3.91. The average molecular weight is 262 g/mol. The van der Waals surface area contributed by atoms with Crippen LogP contribution >= 0.6 is 15.9 Å². The maximum absolute atomic E-state index is 10.6. The first-order chi connectivity index (χ1) is 6.43. The third-order valence-electron chi connectivity index (χ3n) is 1.99. The number of aromatic nitrogens is 2. The second kappa shape index (κ2) is 4.10. The molecule has 1 heterocycles. The Hall–Kier alpha value is -0.880. The average Bonchev–Trinajstić information content (AvgIpc) is 2.32. The van der Waals surface area contributed by atoms with Crippen molar-refractivity contribution in [1.82, 2.24) is 9.78 Å². The summed E-state index contributed by atoms with van der Waals surface area (Å²) in [5.41, 5.74) is 7.07. The minimum Gasteiger partial charge on any atom is -0.480 e. The number of nitrogens with zero attached hydrogens (tertiary/aromatic N) is 2. The van der Waals surface area contributed by atoms with Gasteiger partial charge in [-0.3, -0.25) is 9.48 Å². The zero-order chi connectivity index (χ0) is 10.9. The fourth-order valence-electron chi connectivity index (χ4n) is 1.20. The molecule has 0 bridgehead atoms. The van der Waals surface area contributed by atoms with Gasteiger partial charge in [-0.1, -0.05) is 0 Å². The van der Waals surface area contributed by atoms with Crippen LogP contribution < -0.4 is 5.73 Å². The first-order valence-electron chi connectivity index (χ1n) is 4.09. The highest BCUT2D eigenvalue weighted by Crippen LogP contribution is 2.21. The SMILES string of the molecule is Cc1nn(C)c(C[C@H](N)C(=O)O)c1Br. The summed E-state index contributed by atoms with van der Waals surface area (Å²) in [4.78, 5) is 10.6. The van der Waals surface area contributed by atoms with E-state index in [4.69, 9.17) is 10.8 Å². The number of rotatable bonds is 3. The molecule has 0 fully saturated rings. The van der Waals surface area contributed by atoms with Crippen LogP contribution in [0.5, 0.6) is 0 Å². The van der Waals surface area contributed by atoms with Gasteiger partial charge < -0.3 is 10.8 Å². The summed E-state index contributed by atoms with van der Waals surface area (Å²) in [6.45, 7) is 1.85. The number of aliphatic carboxylic acids is 1. The quantitative estimate of drug-likeness (QED) is 0.828. The number of carboxylic acid groups (broad SMARTS) is 1. The molecule has 0 unspecified atom stereocenters. The Morgan fingerprint density at radius 3 is 2.71 bits per heavy atom. The van der Waals surface area contributed by atoms with Crippen LogP contribution in [0.25, 0.3) is 0 Å². The Labute approximate surface area is 90.0 Å². The van der Waals surface area contributed by atoms with E-state index in [9.17, 15) is 4.79 Å². The predicted octanol–water partition coefficient (Wildman–Crippen LogP) is 0.445. The molecule has 0 saturated carbocycles. The van der Waals surface area contributed by atoms with Crippen molar-refractivity contribution >= 4 is 21.9 Å². The van der Waals surface area contributed by atoms with E-state index in [1.54, 1.807) is 11.7 Å². The highest BCUT2D eigenvalue weighted by atomic mass is 79.9. The lowest BCUT2D eigenvalue weighted by atomic mass is 10.1. The number of nitrogens with two attached hydrogens (primary N) is 1. The fraction of sp³-hybridized carbons (Fsp3) is 0.500. The van der Waals surface area contributed by atoms with Gasteiger partial charge in [-0.2, -0.15) is 5.10 Å². The van der Waals surface area contributed by atoms with Crippen LogP contribution in [-0.2, 0) is 18.3 Å². The topological polar surface area (TPSA) is 81.1 Å². The van der Waals surface area contributed by atoms with Gasteiger partial charge in [0, 0.05) is 13.5 Å². The van der Waals surface area contributed by atoms with E-state index in [2.05, 4.69) is 21.0 Å². The summed E-state index contributed by atoms with van der Waals surface area (Å²) in [6.07, 6.45) is 0.271. The molecule has 0 aliphatic carbocycles. The molecule has 0 aliphatic heterocycles. The van der Waals surface area contributed by atoms with Crippen LogP contribution in [0.1, 0.15) is 11.4 Å². The van der Waals surface area contributed by atoms with E-state index in [1.165, 1.54) is 0 Å². The molecule has 0 amide bonds. The molecule has 0 saturated heterocycles. The predicted molar refractivity (Wildman–Crippen MR) is 55.0 cm³/mol. The molecule has 1 aromatic rings. The summed E-state index contributed by atoms with van der Waals surface area (Å²) in [5.74, 6) is -1.00. The first kappa shape index (κ1) is 11.2. The summed E-state index contributed by atoms with van der Waals surface area (Å²) >= 11 is 3.35. The first-order valence-corrected chi connectivity index (χ1v) is 4.89. The van der Waals surface area contributed by atoms with E-state index < -0.39 is 12.0 Å². The third kappa shape index (κ3) is 2.13. The Morgan fingerprint density at radius 2 is 2.36 bits per heavy atom. The molecule has 0 aliphatic rings. The molecule has 78 valence electrons. The van der Waals surface area contributed by atoms with E-state index in [0.29, 0.717) is 0 Å². The lowest BCUT2D eigenvalue weighted by Gasteiger charge is -2.06. The van der Waals surface area contributed by atoms with E-state index in [-0.39, 0.29) is 6.42 Å². The highest BCUT2D eigenvalue weighted by molar-refractivity contribution is 9.10. The Morgan fingerprint density at radius 1 is 1.79 bits per heavy atom. The molecular weight excluding hydrogens is 250 g/mol. The standard InChI is InChI=1S/C8H12BrN3O2/c1-4-7(9)6(12(2)11-4)3-5(10)8(13)14/h5H,3,10H2,1-2H3,(H,13,14)/t5-/m0/s1. The largest absolute Gasteiger partial charge is 0.480 e. The molecule has 0 aromatic carbocycles. The number of carboxylic acids is 1. The number of hydrogen-bond acceptors (Lipinski definition) is 3. The maximum Gasteiger partial charge on any atom is 0.320 e. The lowest BCUT2D eigenvalue weighted by Crippen LogP contribution is -2.33. The number of carbonyl (C=O) groups is 1. The minimum atomic E-state index is -1.00. The lowest BCUT2D eigenvalue weighted by molar-refractivity contribution is -0.138. The van der Waals surface area contributed by atoms with Gasteiger partial charge >= 0.3 is 5.97 Å². The van der Waals surface area contributed by atoms with Gasteiger partial charge in [0.15, 0.2) is 0 Å². The van der Waals surface area contributed by atoms with Gasteiger partial charge in [0.2, 0.25) is 0 Å². The molecule has 1 rings (SSSR count). The third-order valence-corrected chi connectivity index (χ3v) is 3.02. The van der Waals surface area contributed by atoms with Crippen LogP contribution in [0, 0.1) is 6.92 Å². The van der Waals surface area contributed by atoms with Crippen molar-refractivity contribution in [1.29, 1.82) is 0 Å². The molecule has 14 heavy (non-hydrogen) atoms. The van der Waals surface area contributed by atoms with E-state index in [0.717, 1.165) is 15.9 Å². The summed E-state index contributed by atoms with van der Waals surface area (Å²) in [5, 5.41) is 12.8. The Kier molecular flexibility index (Phi) is 3.28. The van der Waals surface area contributed by atoms with E-state index >= 15 is 0 Å². The number of halogens is 1. The molecule has 1 aromatic heterocycles. The molecular formula is C8H12BrN3O2. The van der Waals surface area contributed by atoms with Crippen molar-refractivity contribution in [3.05, 3.63) is 15.9 Å². The monoisotopic (exact) mass is 261 g/mol. The number of aryl methyl sites for hydroxylation is 2. The van der Waals surface area contributed by atoms with Gasteiger partial charge in [0.1, 0.15) is 6.04 Å². The van der Waals surface area contributed by atoms with Crippen LogP contribution in [0.4, 0.5) is 0 Å². The van der Waals surface area contributed by atoms with Crippen molar-refractivity contribution in [2.45, 2.75) is 19.4 Å². The zero-order valence-electron chi connectivity index (χ0n) is 7.99. The fourth-order valence-corrected chi connectivity index (χ4v) is 1.70. The van der Waals surface area contributed by atoms with Crippen LogP contribution in [0.2, 0.25) is 0 Å². The minimum absolute atomic E-state index is 0.271. The zero-order valence-corrected chi connectivity index (χ0v) is 9.58. The van der Waals surface area contributed by atoms with Gasteiger partial charge in [0.05, 0.1) is 15.9 Å². The number of hydrogen-bond donors (Lipinski definition) is 2. The van der Waals surface area contributed by atoms with Gasteiger partial charge in [0.25, 0.3) is 0 Å². The smallest absolute Gasteiger partial charge is 0.320 e. The van der Waals surface area contributed by atoms with Crippen molar-refractivity contribution in [3.63, 3.8) is 0 Å². The van der Waals surface area contributed by atoms with Gasteiger partial charge in [-0.15, -0.1) is 0 Å². The molecule has 5 nitrogen and oxygen atoms in total. The molecule has 3 N–H and O–H groups in total. The van der Waals surface area contributed by atoms with Crippen molar-refractivity contribution < 1.29 is 9.90 Å². The van der Waals surface area contributed by atoms with Crippen LogP contribution in [-0.4, -0.2) is 26.9 Å². The van der Waals surface area contributed by atoms with Crippen molar-refractivity contribution in [2.75, 3.05) is 0 Å². The Bertz CT molecular complexity index is 362. The second-order valence-electron chi connectivity index (χ2n) is 3.12. The summed E-state index contributed by atoms with van der Waals surface area (Å²) in [6, 6.07) is -0.888. The van der Waals surface area contributed by atoms with Crippen molar-refractivity contribution in [3.8, 4) is 0 Å². The molecule has 0 radical (unpaired) electrons. The molecule has 0 spiro atoms. The molecule has 1 atom stereocenters. The molecule has 6 heteroatoms. The van der Waals surface area contributed by atoms with E-state index in [1.807, 2.05) is 6.92 Å².